The molecule has 3 unspecified atom stereocenters. The van der Waals surface area contributed by atoms with Gasteiger partial charge < -0.3 is 11.1 Å². The van der Waals surface area contributed by atoms with E-state index in [1.807, 2.05) is 0 Å². The minimum Gasteiger partial charge on any atom is -0.326 e. The van der Waals surface area contributed by atoms with Crippen LogP contribution in [0.2, 0.25) is 0 Å². The molecule has 0 heterocycles. The van der Waals surface area contributed by atoms with Crippen LogP contribution in [0, 0.1) is 11.3 Å². The van der Waals surface area contributed by atoms with Gasteiger partial charge in [-0.2, -0.15) is 0 Å². The molecule has 0 amide bonds. The van der Waals surface area contributed by atoms with Gasteiger partial charge in [-0.05, 0) is 24.2 Å². The van der Waals surface area contributed by atoms with Gasteiger partial charge in [0.1, 0.15) is 0 Å². The van der Waals surface area contributed by atoms with Gasteiger partial charge in [-0.1, -0.05) is 34.1 Å². The lowest BCUT2D eigenvalue weighted by Gasteiger charge is -2.27. The summed E-state index contributed by atoms with van der Waals surface area (Å²) in [6.45, 7) is 9.84. The van der Waals surface area contributed by atoms with Gasteiger partial charge in [0.05, 0.1) is 0 Å². The molecule has 1 aliphatic carbocycles. The van der Waals surface area contributed by atoms with Crippen LogP contribution in [0.4, 0.5) is 0 Å². The average molecular weight is 198 g/mol. The molecule has 84 valence electrons. The van der Waals surface area contributed by atoms with Crippen LogP contribution in [-0.4, -0.2) is 18.6 Å². The van der Waals surface area contributed by atoms with Gasteiger partial charge >= 0.3 is 0 Å². The fourth-order valence-electron chi connectivity index (χ4n) is 1.77. The molecule has 1 fully saturated rings. The predicted molar refractivity (Wildman–Crippen MR) is 62.2 cm³/mol. The molecule has 0 radical (unpaired) electrons. The highest BCUT2D eigenvalue weighted by Crippen LogP contribution is 2.34. The van der Waals surface area contributed by atoms with Gasteiger partial charge in [-0.3, -0.25) is 0 Å². The van der Waals surface area contributed by atoms with E-state index in [4.69, 9.17) is 5.73 Å². The molecule has 3 N–H and O–H groups in total. The smallest absolute Gasteiger partial charge is 0.0214 e. The van der Waals surface area contributed by atoms with E-state index in [-0.39, 0.29) is 11.5 Å². The summed E-state index contributed by atoms with van der Waals surface area (Å²) in [5.41, 5.74) is 6.31. The van der Waals surface area contributed by atoms with Crippen LogP contribution < -0.4 is 11.1 Å². The molecule has 1 aliphatic rings. The zero-order valence-corrected chi connectivity index (χ0v) is 10.1. The third-order valence-corrected chi connectivity index (χ3v) is 3.29. The minimum absolute atomic E-state index is 0.224. The van der Waals surface area contributed by atoms with Gasteiger partial charge in [0.2, 0.25) is 0 Å². The monoisotopic (exact) mass is 198 g/mol. The molecule has 2 nitrogen and oxygen atoms in total. The van der Waals surface area contributed by atoms with Crippen LogP contribution >= 0.6 is 0 Å². The summed E-state index contributed by atoms with van der Waals surface area (Å²) in [5, 5.41) is 3.57. The second kappa shape index (κ2) is 4.63. The predicted octanol–water partition coefficient (Wildman–Crippen LogP) is 2.14. The van der Waals surface area contributed by atoms with Crippen LogP contribution in [0.3, 0.4) is 0 Å². The molecule has 14 heavy (non-hydrogen) atoms. The highest BCUT2D eigenvalue weighted by atomic mass is 15.0. The molecule has 0 saturated heterocycles. The molecule has 2 heteroatoms. The maximum absolute atomic E-state index is 6.08. The molecule has 0 bridgehead atoms. The van der Waals surface area contributed by atoms with Gasteiger partial charge in [0.15, 0.2) is 0 Å². The molecular weight excluding hydrogens is 172 g/mol. The van der Waals surface area contributed by atoms with Gasteiger partial charge in [-0.15, -0.1) is 0 Å². The van der Waals surface area contributed by atoms with Gasteiger partial charge in [0, 0.05) is 18.6 Å². The van der Waals surface area contributed by atoms with E-state index in [1.54, 1.807) is 0 Å². The Hall–Kier alpha value is -0.0800. The van der Waals surface area contributed by atoms with Crippen molar-refractivity contribution < 1.29 is 0 Å². The lowest BCUT2D eigenvalue weighted by Crippen LogP contribution is -2.44. The number of nitrogens with one attached hydrogen (secondary N) is 1. The van der Waals surface area contributed by atoms with Crippen molar-refractivity contribution in [2.45, 2.75) is 59.0 Å². The summed E-state index contributed by atoms with van der Waals surface area (Å²) in [5.74, 6) is 0.937. The van der Waals surface area contributed by atoms with Gasteiger partial charge in [-0.25, -0.2) is 0 Å². The highest BCUT2D eigenvalue weighted by molar-refractivity contribution is 4.94. The van der Waals surface area contributed by atoms with Gasteiger partial charge in [0.25, 0.3) is 0 Å². The largest absolute Gasteiger partial charge is 0.326 e. The van der Waals surface area contributed by atoms with E-state index in [1.165, 1.54) is 19.3 Å². The summed E-state index contributed by atoms with van der Waals surface area (Å²) in [4.78, 5) is 0. The summed E-state index contributed by atoms with van der Waals surface area (Å²) in [6, 6.07) is 1.04. The molecule has 0 aromatic carbocycles. The van der Waals surface area contributed by atoms with E-state index in [0.717, 1.165) is 18.5 Å². The normalized spacial score (nSPS) is 28.9. The first kappa shape index (κ1) is 12.0. The molecule has 0 aromatic heterocycles. The molecule has 1 saturated carbocycles. The number of hydrogen-bond acceptors (Lipinski definition) is 2. The van der Waals surface area contributed by atoms with Crippen LogP contribution in [0.5, 0.6) is 0 Å². The first-order chi connectivity index (χ1) is 6.45. The molecule has 0 spiro atoms. The van der Waals surface area contributed by atoms with Crippen molar-refractivity contribution in [3.63, 3.8) is 0 Å². The maximum Gasteiger partial charge on any atom is 0.0214 e. The van der Waals surface area contributed by atoms with Crippen molar-refractivity contribution in [3.05, 3.63) is 0 Å². The highest BCUT2D eigenvalue weighted by Gasteiger charge is 2.36. The van der Waals surface area contributed by atoms with Crippen LogP contribution in [0.1, 0.15) is 47.0 Å². The minimum atomic E-state index is 0.224. The lowest BCUT2D eigenvalue weighted by atomic mass is 9.87. The summed E-state index contributed by atoms with van der Waals surface area (Å²) in [6.07, 6.45) is 4.06. The zero-order valence-electron chi connectivity index (χ0n) is 10.1. The molecule has 3 atom stereocenters. The van der Waals surface area contributed by atoms with Crippen LogP contribution in [-0.2, 0) is 0 Å². The fraction of sp³-hybridized carbons (Fsp3) is 1.00. The topological polar surface area (TPSA) is 38.0 Å². The Morgan fingerprint density at radius 2 is 2.07 bits per heavy atom. The fourth-order valence-corrected chi connectivity index (χ4v) is 1.77. The van der Waals surface area contributed by atoms with E-state index >= 15 is 0 Å². The zero-order chi connectivity index (χ0) is 10.8. The molecule has 0 aromatic rings. The van der Waals surface area contributed by atoms with Crippen LogP contribution in [0.15, 0.2) is 0 Å². The molecule has 1 rings (SSSR count). The average Bonchev–Trinajstić information content (AvgIpc) is 2.78. The Morgan fingerprint density at radius 3 is 2.57 bits per heavy atom. The van der Waals surface area contributed by atoms with Crippen molar-refractivity contribution in [1.82, 2.24) is 5.32 Å². The summed E-state index contributed by atoms with van der Waals surface area (Å²) in [7, 11) is 0. The number of nitrogens with two attached hydrogens (primary N) is 1. The SMILES string of the molecule is CCCC1CC1NCC(N)C(C)(C)C. The van der Waals surface area contributed by atoms with Crippen LogP contribution in [0.25, 0.3) is 0 Å². The van der Waals surface area contributed by atoms with E-state index < -0.39 is 0 Å². The Kier molecular flexibility index (Phi) is 3.96. The molecular formula is C12H26N2. The lowest BCUT2D eigenvalue weighted by molar-refractivity contribution is 0.307. The maximum atomic E-state index is 6.08. The third kappa shape index (κ3) is 3.58. The summed E-state index contributed by atoms with van der Waals surface area (Å²) < 4.78 is 0. The second-order valence-corrected chi connectivity index (χ2v) is 5.77. The Labute approximate surface area is 88.6 Å². The standard InChI is InChI=1S/C12H26N2/c1-5-6-9-7-10(9)14-8-11(13)12(2,3)4/h9-11,14H,5-8,13H2,1-4H3. The van der Waals surface area contributed by atoms with E-state index in [0.29, 0.717) is 0 Å². The Balaban J connectivity index is 2.11. The van der Waals surface area contributed by atoms with Crippen molar-refractivity contribution in [2.75, 3.05) is 6.54 Å². The van der Waals surface area contributed by atoms with Crippen molar-refractivity contribution in [1.29, 1.82) is 0 Å². The first-order valence-corrected chi connectivity index (χ1v) is 5.94. The summed E-state index contributed by atoms with van der Waals surface area (Å²) >= 11 is 0. The third-order valence-electron chi connectivity index (χ3n) is 3.29. The number of hydrogen-bond donors (Lipinski definition) is 2. The van der Waals surface area contributed by atoms with Crippen molar-refractivity contribution >= 4 is 0 Å². The Bertz CT molecular complexity index is 172. The van der Waals surface area contributed by atoms with Crippen molar-refractivity contribution in [2.24, 2.45) is 17.1 Å². The number of rotatable bonds is 5. The second-order valence-electron chi connectivity index (χ2n) is 5.77. The Morgan fingerprint density at radius 1 is 1.43 bits per heavy atom. The first-order valence-electron chi connectivity index (χ1n) is 5.94. The van der Waals surface area contributed by atoms with Crippen molar-refractivity contribution in [3.8, 4) is 0 Å². The van der Waals surface area contributed by atoms with E-state index in [9.17, 15) is 0 Å². The molecule has 0 aliphatic heterocycles. The van der Waals surface area contributed by atoms with E-state index in [2.05, 4.69) is 33.0 Å². The quantitative estimate of drug-likeness (QED) is 0.710.